The van der Waals surface area contributed by atoms with Crippen LogP contribution in [0.15, 0.2) is 35.8 Å². The van der Waals surface area contributed by atoms with Crippen LogP contribution >= 0.6 is 11.3 Å². The maximum atomic E-state index is 13.5. The molecule has 164 valence electrons. The minimum atomic E-state index is -0.272. The molecule has 0 bridgehead atoms. The molecule has 6 nitrogen and oxygen atoms in total. The number of benzene rings is 1. The van der Waals surface area contributed by atoms with Crippen LogP contribution in [0.3, 0.4) is 0 Å². The van der Waals surface area contributed by atoms with Crippen LogP contribution in [0.25, 0.3) is 21.8 Å². The molecule has 0 aliphatic carbocycles. The van der Waals surface area contributed by atoms with Crippen LogP contribution < -0.4 is 5.32 Å². The number of thiazole rings is 1. The molecular weight excluding hydrogens is 413 g/mol. The topological polar surface area (TPSA) is 63.1 Å². The number of nitrogens with one attached hydrogen (secondary N) is 1. The Kier molecular flexibility index (Phi) is 6.20. The van der Waals surface area contributed by atoms with E-state index in [1.54, 1.807) is 12.1 Å². The van der Waals surface area contributed by atoms with Crippen LogP contribution in [0.2, 0.25) is 0 Å². The first kappa shape index (κ1) is 21.6. The zero-order valence-corrected chi connectivity index (χ0v) is 19.0. The summed E-state index contributed by atoms with van der Waals surface area (Å²) >= 11 is 1.51. The molecule has 8 heteroatoms. The number of nitrogens with zero attached hydrogens (tertiary/aromatic N) is 4. The predicted octanol–water partition coefficient (Wildman–Crippen LogP) is 3.93. The lowest BCUT2D eigenvalue weighted by molar-refractivity contribution is -0.130. The van der Waals surface area contributed by atoms with E-state index in [2.05, 4.69) is 31.2 Å². The number of rotatable bonds is 4. The monoisotopic (exact) mass is 441 g/mol. The summed E-state index contributed by atoms with van der Waals surface area (Å²) in [5.74, 6) is -0.157. The zero-order chi connectivity index (χ0) is 22.0. The average molecular weight is 442 g/mol. The minimum Gasteiger partial charge on any atom is -0.341 e. The standard InChI is InChI=1S/C23H28FN5OS/c1-23(2,3)29-21(16-5-7-17(24)8-6-16)19(14-26-29)22-27-18(15-31-22)13-20(30)28-11-4-9-25-10-12-28/h5-8,14-15,25H,4,9-13H2,1-3H3. The minimum absolute atomic E-state index is 0.115. The van der Waals surface area contributed by atoms with E-state index in [-0.39, 0.29) is 17.3 Å². The summed E-state index contributed by atoms with van der Waals surface area (Å²) < 4.78 is 15.5. The van der Waals surface area contributed by atoms with Crippen molar-refractivity contribution in [2.45, 2.75) is 39.2 Å². The molecule has 1 saturated heterocycles. The maximum Gasteiger partial charge on any atom is 0.228 e. The van der Waals surface area contributed by atoms with Gasteiger partial charge in [0.2, 0.25) is 5.91 Å². The van der Waals surface area contributed by atoms with Gasteiger partial charge < -0.3 is 10.2 Å². The Bertz CT molecular complexity index is 1040. The van der Waals surface area contributed by atoms with E-state index in [0.717, 1.165) is 60.1 Å². The van der Waals surface area contributed by atoms with Gasteiger partial charge in [-0.2, -0.15) is 5.10 Å². The second-order valence-electron chi connectivity index (χ2n) is 8.80. The summed E-state index contributed by atoms with van der Waals surface area (Å²) in [4.78, 5) is 19.4. The van der Waals surface area contributed by atoms with Crippen LogP contribution in [0.5, 0.6) is 0 Å². The van der Waals surface area contributed by atoms with Gasteiger partial charge in [0.1, 0.15) is 10.8 Å². The molecule has 4 rings (SSSR count). The molecule has 0 unspecified atom stereocenters. The summed E-state index contributed by atoms with van der Waals surface area (Å²) in [5.41, 5.74) is 3.20. The van der Waals surface area contributed by atoms with E-state index < -0.39 is 0 Å². The fraction of sp³-hybridized carbons (Fsp3) is 0.435. The summed E-state index contributed by atoms with van der Waals surface area (Å²) in [6, 6.07) is 6.45. The Morgan fingerprint density at radius 2 is 1.97 bits per heavy atom. The van der Waals surface area contributed by atoms with Crippen molar-refractivity contribution in [1.29, 1.82) is 0 Å². The van der Waals surface area contributed by atoms with Crippen molar-refractivity contribution in [1.82, 2.24) is 25.0 Å². The van der Waals surface area contributed by atoms with Gasteiger partial charge in [0, 0.05) is 30.6 Å². The molecule has 3 heterocycles. The highest BCUT2D eigenvalue weighted by Gasteiger charge is 2.25. The zero-order valence-electron chi connectivity index (χ0n) is 18.2. The van der Waals surface area contributed by atoms with Crippen molar-refractivity contribution >= 4 is 17.2 Å². The van der Waals surface area contributed by atoms with E-state index in [0.29, 0.717) is 6.42 Å². The Labute approximate surface area is 186 Å². The Balaban J connectivity index is 1.63. The van der Waals surface area contributed by atoms with Gasteiger partial charge >= 0.3 is 0 Å². The van der Waals surface area contributed by atoms with E-state index in [4.69, 9.17) is 4.98 Å². The molecule has 3 aromatic rings. The van der Waals surface area contributed by atoms with Crippen LogP contribution in [-0.4, -0.2) is 51.8 Å². The molecule has 0 saturated carbocycles. The van der Waals surface area contributed by atoms with Crippen molar-refractivity contribution < 1.29 is 9.18 Å². The highest BCUT2D eigenvalue weighted by molar-refractivity contribution is 7.13. The van der Waals surface area contributed by atoms with E-state index in [9.17, 15) is 9.18 Å². The molecular formula is C23H28FN5OS. The van der Waals surface area contributed by atoms with Crippen LogP contribution in [0.1, 0.15) is 32.9 Å². The molecule has 1 aromatic carbocycles. The van der Waals surface area contributed by atoms with Gasteiger partial charge in [0.15, 0.2) is 0 Å². The average Bonchev–Trinajstić information content (AvgIpc) is 3.27. The molecule has 0 atom stereocenters. The summed E-state index contributed by atoms with van der Waals surface area (Å²) in [7, 11) is 0. The quantitative estimate of drug-likeness (QED) is 0.666. The Morgan fingerprint density at radius 1 is 1.19 bits per heavy atom. The molecule has 1 N–H and O–H groups in total. The highest BCUT2D eigenvalue weighted by atomic mass is 32.1. The molecule has 0 spiro atoms. The lowest BCUT2D eigenvalue weighted by Crippen LogP contribution is -2.35. The predicted molar refractivity (Wildman–Crippen MR) is 121 cm³/mol. The lowest BCUT2D eigenvalue weighted by atomic mass is 10.0. The van der Waals surface area contributed by atoms with Gasteiger partial charge in [0.05, 0.1) is 35.1 Å². The smallest absolute Gasteiger partial charge is 0.228 e. The molecule has 0 radical (unpaired) electrons. The third kappa shape index (κ3) is 4.85. The van der Waals surface area contributed by atoms with Gasteiger partial charge in [-0.1, -0.05) is 0 Å². The Morgan fingerprint density at radius 3 is 2.71 bits per heavy atom. The third-order valence-corrected chi connectivity index (χ3v) is 6.25. The number of aromatic nitrogens is 3. The molecule has 31 heavy (non-hydrogen) atoms. The first-order valence-electron chi connectivity index (χ1n) is 10.6. The number of hydrogen-bond donors (Lipinski definition) is 1. The SMILES string of the molecule is CC(C)(C)n1ncc(-c2nc(CC(=O)N3CCCNCC3)cs2)c1-c1ccc(F)cc1. The van der Waals surface area contributed by atoms with E-state index in [1.807, 2.05) is 21.2 Å². The van der Waals surface area contributed by atoms with E-state index in [1.165, 1.54) is 23.5 Å². The molecule has 2 aromatic heterocycles. The number of carbonyl (C=O) groups is 1. The molecule has 1 aliphatic heterocycles. The maximum absolute atomic E-state index is 13.5. The van der Waals surface area contributed by atoms with Crippen molar-refractivity contribution in [3.05, 3.63) is 47.4 Å². The van der Waals surface area contributed by atoms with Crippen molar-refractivity contribution in [3.63, 3.8) is 0 Å². The summed E-state index contributed by atoms with van der Waals surface area (Å²) in [5, 5.41) is 10.7. The second kappa shape index (κ2) is 8.88. The summed E-state index contributed by atoms with van der Waals surface area (Å²) in [6.07, 6.45) is 3.09. The highest BCUT2D eigenvalue weighted by Crippen LogP contribution is 2.36. The summed E-state index contributed by atoms with van der Waals surface area (Å²) in [6.45, 7) is 9.56. The van der Waals surface area contributed by atoms with Gasteiger partial charge in [0.25, 0.3) is 0 Å². The number of halogens is 1. The van der Waals surface area contributed by atoms with Crippen molar-refractivity contribution in [2.24, 2.45) is 0 Å². The van der Waals surface area contributed by atoms with Gasteiger partial charge in [-0.05, 0) is 58.0 Å². The second-order valence-corrected chi connectivity index (χ2v) is 9.66. The van der Waals surface area contributed by atoms with Crippen LogP contribution in [0, 0.1) is 5.82 Å². The Hall–Kier alpha value is -2.58. The molecule has 1 fully saturated rings. The van der Waals surface area contributed by atoms with Gasteiger partial charge in [-0.3, -0.25) is 9.48 Å². The fourth-order valence-electron chi connectivity index (χ4n) is 3.77. The van der Waals surface area contributed by atoms with E-state index >= 15 is 0 Å². The van der Waals surface area contributed by atoms with Crippen LogP contribution in [-0.2, 0) is 16.8 Å². The van der Waals surface area contributed by atoms with Crippen molar-refractivity contribution in [3.8, 4) is 21.8 Å². The lowest BCUT2D eigenvalue weighted by Gasteiger charge is -2.23. The first-order valence-corrected chi connectivity index (χ1v) is 11.5. The normalized spacial score (nSPS) is 15.2. The fourth-order valence-corrected chi connectivity index (χ4v) is 4.60. The molecule has 1 amide bonds. The first-order chi connectivity index (χ1) is 14.8. The number of hydrogen-bond acceptors (Lipinski definition) is 5. The molecule has 1 aliphatic rings. The van der Waals surface area contributed by atoms with Gasteiger partial charge in [-0.25, -0.2) is 9.37 Å². The van der Waals surface area contributed by atoms with Gasteiger partial charge in [-0.15, -0.1) is 11.3 Å². The van der Waals surface area contributed by atoms with Crippen LogP contribution in [0.4, 0.5) is 4.39 Å². The van der Waals surface area contributed by atoms with Crippen molar-refractivity contribution in [2.75, 3.05) is 26.2 Å². The number of carbonyl (C=O) groups excluding carboxylic acids is 1. The largest absolute Gasteiger partial charge is 0.341 e. The number of amides is 1. The third-order valence-electron chi connectivity index (χ3n) is 5.33.